The average Bonchev–Trinajstić information content (AvgIpc) is 4.01. The topological polar surface area (TPSA) is 193 Å². The maximum atomic E-state index is 14.6. The van der Waals surface area contributed by atoms with Crippen molar-refractivity contribution in [3.05, 3.63) is 42.1 Å². The van der Waals surface area contributed by atoms with Gasteiger partial charge in [0, 0.05) is 29.3 Å². The van der Waals surface area contributed by atoms with E-state index in [0.29, 0.717) is 50.0 Å². The third-order valence-corrected chi connectivity index (χ3v) is 14.1. The largest absolute Gasteiger partial charge is 0.493 e. The minimum Gasteiger partial charge on any atom is -0.493 e. The highest BCUT2D eigenvalue weighted by atomic mass is 32.2. The van der Waals surface area contributed by atoms with E-state index in [2.05, 4.69) is 27.3 Å². The second-order valence-electron chi connectivity index (χ2n) is 15.8. The first-order chi connectivity index (χ1) is 25.2. The lowest BCUT2D eigenvalue weighted by Crippen LogP contribution is -2.59. The Hall–Kier alpha value is -4.40. The first kappa shape index (κ1) is 36.9. The Labute approximate surface area is 309 Å². The number of allylic oxidation sites excluding steroid dienone is 1. The van der Waals surface area contributed by atoms with Gasteiger partial charge in [-0.3, -0.25) is 19.1 Å². The minimum atomic E-state index is -4.00. The number of ether oxygens (including phenoxy) is 2. The lowest BCUT2D eigenvalue weighted by atomic mass is 9.85. The lowest BCUT2D eigenvalue weighted by molar-refractivity contribution is -0.142. The zero-order chi connectivity index (χ0) is 37.7. The van der Waals surface area contributed by atoms with Crippen molar-refractivity contribution >= 4 is 44.6 Å². The summed E-state index contributed by atoms with van der Waals surface area (Å²) in [6, 6.07) is 3.50. The fourth-order valence-corrected chi connectivity index (χ4v) is 9.56. The van der Waals surface area contributed by atoms with Crippen LogP contribution in [0.15, 0.2) is 36.5 Å². The number of benzene rings is 1. The van der Waals surface area contributed by atoms with Crippen LogP contribution in [0, 0.1) is 17.8 Å². The fourth-order valence-electron chi connectivity index (χ4n) is 8.25. The predicted molar refractivity (Wildman–Crippen MR) is 195 cm³/mol. The van der Waals surface area contributed by atoms with Gasteiger partial charge in [-0.2, -0.15) is 0 Å². The SMILES string of the molecule is CC[C@@H]1C[C@@H](C)CCC=C[C@@H]2C[C@@]2(C(=O)NS(=O)(=O)C2(C)CC2)NC(=O)[C@@H]2C[C@@H](Oc3nccc4c5c(ccc34)CCCO5)CN2C(=O)[C@H]1NC(=O)O. The summed E-state index contributed by atoms with van der Waals surface area (Å²) < 4.78 is 40.0. The predicted octanol–water partition coefficient (Wildman–Crippen LogP) is 3.82. The normalized spacial score (nSPS) is 31.0. The molecule has 2 saturated carbocycles. The number of aromatic nitrogens is 1. The van der Waals surface area contributed by atoms with Crippen molar-refractivity contribution in [2.75, 3.05) is 13.2 Å². The number of carbonyl (C=O) groups excluding carboxylic acids is 3. The van der Waals surface area contributed by atoms with Gasteiger partial charge in [-0.05, 0) is 87.8 Å². The molecule has 7 atom stereocenters. The molecule has 15 heteroatoms. The molecule has 3 aliphatic heterocycles. The van der Waals surface area contributed by atoms with Gasteiger partial charge in [0.2, 0.25) is 27.7 Å². The number of fused-ring (bicyclic) bond motifs is 5. The summed E-state index contributed by atoms with van der Waals surface area (Å²) in [5.74, 6) is -1.60. The molecule has 0 unspecified atom stereocenters. The molecule has 4 amide bonds. The Morgan fingerprint density at radius 2 is 1.96 bits per heavy atom. The van der Waals surface area contributed by atoms with Gasteiger partial charge in [0.05, 0.1) is 17.9 Å². The number of amides is 4. The quantitative estimate of drug-likeness (QED) is 0.303. The molecule has 53 heavy (non-hydrogen) atoms. The molecule has 1 saturated heterocycles. The van der Waals surface area contributed by atoms with Crippen molar-refractivity contribution < 1.29 is 42.2 Å². The van der Waals surface area contributed by atoms with Crippen LogP contribution in [0.2, 0.25) is 0 Å². The summed E-state index contributed by atoms with van der Waals surface area (Å²) in [7, 11) is -4.00. The third kappa shape index (κ3) is 7.16. The summed E-state index contributed by atoms with van der Waals surface area (Å²) >= 11 is 0. The van der Waals surface area contributed by atoms with Crippen LogP contribution in [0.3, 0.4) is 0 Å². The Morgan fingerprint density at radius 3 is 2.70 bits per heavy atom. The first-order valence-corrected chi connectivity index (χ1v) is 20.3. The highest BCUT2D eigenvalue weighted by Crippen LogP contribution is 2.48. The van der Waals surface area contributed by atoms with Crippen molar-refractivity contribution in [1.29, 1.82) is 0 Å². The fraction of sp³-hybridized carbons (Fsp3) is 0.605. The molecule has 2 aliphatic carbocycles. The number of aryl methyl sites for hydroxylation is 1. The molecular weight excluding hydrogens is 703 g/mol. The van der Waals surface area contributed by atoms with E-state index in [4.69, 9.17) is 9.47 Å². The monoisotopic (exact) mass is 751 g/mol. The van der Waals surface area contributed by atoms with Gasteiger partial charge < -0.3 is 30.1 Å². The number of rotatable bonds is 7. The van der Waals surface area contributed by atoms with Gasteiger partial charge in [-0.1, -0.05) is 38.5 Å². The Kier molecular flexibility index (Phi) is 9.83. The summed E-state index contributed by atoms with van der Waals surface area (Å²) in [6.07, 6.45) is 8.77. The molecular formula is C38H49N5O9S. The highest BCUT2D eigenvalue weighted by molar-refractivity contribution is 7.91. The number of sulfonamides is 1. The number of carboxylic acid groups (broad SMARTS) is 1. The van der Waals surface area contributed by atoms with E-state index < -0.39 is 68.2 Å². The van der Waals surface area contributed by atoms with E-state index in [-0.39, 0.29) is 31.2 Å². The van der Waals surface area contributed by atoms with Crippen LogP contribution in [0.25, 0.3) is 10.8 Å². The second-order valence-corrected chi connectivity index (χ2v) is 18.0. The van der Waals surface area contributed by atoms with Gasteiger partial charge in [-0.15, -0.1) is 0 Å². The maximum Gasteiger partial charge on any atom is 0.405 e. The highest BCUT2D eigenvalue weighted by Gasteiger charge is 2.63. The molecule has 4 heterocycles. The zero-order valence-corrected chi connectivity index (χ0v) is 31.2. The third-order valence-electron chi connectivity index (χ3n) is 11.9. The van der Waals surface area contributed by atoms with Gasteiger partial charge in [-0.25, -0.2) is 18.2 Å². The van der Waals surface area contributed by atoms with E-state index in [1.165, 1.54) is 4.90 Å². The standard InChI is InChI=1S/C38H49N5O9S/c1-4-23-18-22(2)8-5-6-10-25-20-38(25,35(46)42-53(49,50)37(3)14-15-37)41-32(44)29-19-26(21-43(29)34(45)30(23)40-36(47)48)52-33-28-12-11-24-9-7-17-51-31(24)27(28)13-16-39-33/h6,10-13,16,22-23,25-26,29-30,40H,4-5,7-9,14-15,17-21H2,1-3H3,(H,41,44)(H,42,46)(H,47,48)/t22-,23+,25+,26+,29-,30-,38+/m0/s1. The number of hydrogen-bond acceptors (Lipinski definition) is 9. The molecule has 14 nitrogen and oxygen atoms in total. The number of nitrogens with zero attached hydrogens (tertiary/aromatic N) is 2. The molecule has 2 aromatic rings. The van der Waals surface area contributed by atoms with E-state index in [9.17, 15) is 32.7 Å². The molecule has 5 aliphatic rings. The van der Waals surface area contributed by atoms with Crippen LogP contribution in [0.5, 0.6) is 11.6 Å². The smallest absolute Gasteiger partial charge is 0.405 e. The van der Waals surface area contributed by atoms with Gasteiger partial charge in [0.1, 0.15) is 29.5 Å². The van der Waals surface area contributed by atoms with Gasteiger partial charge >= 0.3 is 6.09 Å². The lowest BCUT2D eigenvalue weighted by Gasteiger charge is -2.33. The molecule has 1 aromatic carbocycles. The van der Waals surface area contributed by atoms with E-state index in [1.54, 1.807) is 13.1 Å². The number of carbonyl (C=O) groups is 4. The van der Waals surface area contributed by atoms with Crippen LogP contribution >= 0.6 is 0 Å². The summed E-state index contributed by atoms with van der Waals surface area (Å²) in [5.41, 5.74) is -0.441. The molecule has 0 spiro atoms. The van der Waals surface area contributed by atoms with Gasteiger partial charge in [0.15, 0.2) is 0 Å². The summed E-state index contributed by atoms with van der Waals surface area (Å²) in [6.45, 7) is 6.11. The average molecular weight is 752 g/mol. The van der Waals surface area contributed by atoms with Crippen LogP contribution in [-0.2, 0) is 30.8 Å². The summed E-state index contributed by atoms with van der Waals surface area (Å²) in [5, 5.41) is 16.8. The van der Waals surface area contributed by atoms with Crippen LogP contribution in [-0.4, -0.2) is 88.8 Å². The molecule has 4 N–H and O–H groups in total. The van der Waals surface area contributed by atoms with E-state index >= 15 is 0 Å². The Bertz CT molecular complexity index is 1950. The van der Waals surface area contributed by atoms with Crippen molar-refractivity contribution in [2.24, 2.45) is 17.8 Å². The molecule has 3 fully saturated rings. The van der Waals surface area contributed by atoms with Crippen molar-refractivity contribution in [3.63, 3.8) is 0 Å². The molecule has 286 valence electrons. The summed E-state index contributed by atoms with van der Waals surface area (Å²) in [4.78, 5) is 60.8. The molecule has 0 radical (unpaired) electrons. The van der Waals surface area contributed by atoms with E-state index in [0.717, 1.165) is 36.0 Å². The van der Waals surface area contributed by atoms with E-state index in [1.807, 2.05) is 37.3 Å². The molecule has 0 bridgehead atoms. The zero-order valence-electron chi connectivity index (χ0n) is 30.4. The van der Waals surface area contributed by atoms with Crippen molar-refractivity contribution in [1.82, 2.24) is 25.2 Å². The van der Waals surface area contributed by atoms with Crippen LogP contribution < -0.4 is 24.8 Å². The van der Waals surface area contributed by atoms with Crippen molar-refractivity contribution in [2.45, 2.75) is 113 Å². The molecule has 1 aromatic heterocycles. The molecule has 7 rings (SSSR count). The number of pyridine rings is 1. The van der Waals surface area contributed by atoms with Gasteiger partial charge in [0.25, 0.3) is 5.91 Å². The Balaban J connectivity index is 1.22. The van der Waals surface area contributed by atoms with Crippen LogP contribution in [0.1, 0.15) is 84.1 Å². The van der Waals surface area contributed by atoms with Crippen molar-refractivity contribution in [3.8, 4) is 11.6 Å². The first-order valence-electron chi connectivity index (χ1n) is 18.8. The second kappa shape index (κ2) is 14.1. The van der Waals surface area contributed by atoms with Crippen LogP contribution in [0.4, 0.5) is 4.79 Å². The Morgan fingerprint density at radius 1 is 1.17 bits per heavy atom. The maximum absolute atomic E-state index is 14.6. The number of hydrogen-bond donors (Lipinski definition) is 4. The minimum absolute atomic E-state index is 0.0264. The number of nitrogens with one attached hydrogen (secondary N) is 3.